The predicted molar refractivity (Wildman–Crippen MR) is 151 cm³/mol. The van der Waals surface area contributed by atoms with E-state index in [0.717, 1.165) is 56.4 Å². The van der Waals surface area contributed by atoms with E-state index in [4.69, 9.17) is 15.7 Å². The number of unbranched alkanes of at least 4 members (excludes halogenated alkanes) is 1. The van der Waals surface area contributed by atoms with E-state index in [2.05, 4.69) is 37.7 Å². The quantitative estimate of drug-likeness (QED) is 0.200. The summed E-state index contributed by atoms with van der Waals surface area (Å²) in [7, 11) is 0. The lowest BCUT2D eigenvalue weighted by Crippen LogP contribution is -2.45. The van der Waals surface area contributed by atoms with E-state index in [1.807, 2.05) is 24.3 Å². The number of nitrogens with zero attached hydrogens (tertiary/aromatic N) is 6. The van der Waals surface area contributed by atoms with Crippen LogP contribution < -0.4 is 16.2 Å². The van der Waals surface area contributed by atoms with Crippen LogP contribution in [0.5, 0.6) is 6.01 Å². The number of imidazole rings is 1. The Balaban J connectivity index is 1.49. The number of aliphatic carboxylic acids is 1. The highest BCUT2D eigenvalue weighted by Gasteiger charge is 2.25. The smallest absolute Gasteiger partial charge is 0.327 e. The third-order valence-corrected chi connectivity index (χ3v) is 7.29. The van der Waals surface area contributed by atoms with Crippen molar-refractivity contribution in [1.82, 2.24) is 29.3 Å². The lowest BCUT2D eigenvalue weighted by atomic mass is 10.0. The lowest BCUT2D eigenvalue weighted by molar-refractivity contribution is -0.136. The van der Waals surface area contributed by atoms with E-state index in [1.54, 1.807) is 4.57 Å². The molecule has 12 heteroatoms. The Morgan fingerprint density at radius 1 is 1.27 bits per heavy atom. The molecular formula is C28H38N8O4. The van der Waals surface area contributed by atoms with Gasteiger partial charge in [0.05, 0.1) is 25.6 Å². The number of aryl methyl sites for hydroxylation is 1. The molecule has 1 saturated heterocycles. The Bertz CT molecular complexity index is 1390. The molecule has 3 aromatic rings. The number of ether oxygens (including phenoxy) is 1. The first kappa shape index (κ1) is 29.0. The fraction of sp³-hybridized carbons (Fsp3) is 0.536. The molecule has 4 N–H and O–H groups in total. The molecule has 0 bridgehead atoms. The molecule has 3 heterocycles. The van der Waals surface area contributed by atoms with Gasteiger partial charge in [-0.05, 0) is 36.8 Å². The lowest BCUT2D eigenvalue weighted by Gasteiger charge is -2.38. The summed E-state index contributed by atoms with van der Waals surface area (Å²) < 4.78 is 7.23. The summed E-state index contributed by atoms with van der Waals surface area (Å²) in [4.78, 5) is 40.0. The third kappa shape index (κ3) is 7.58. The Morgan fingerprint density at radius 2 is 2.05 bits per heavy atom. The van der Waals surface area contributed by atoms with Gasteiger partial charge in [-0.15, -0.1) is 0 Å². The fourth-order valence-electron chi connectivity index (χ4n) is 5.22. The van der Waals surface area contributed by atoms with Crippen LogP contribution in [0.1, 0.15) is 50.2 Å². The summed E-state index contributed by atoms with van der Waals surface area (Å²) in [6.45, 7) is 6.52. The van der Waals surface area contributed by atoms with Gasteiger partial charge in [-0.25, -0.2) is 4.79 Å². The average molecular weight is 551 g/mol. The molecule has 214 valence electrons. The first-order valence-corrected chi connectivity index (χ1v) is 13.9. The summed E-state index contributed by atoms with van der Waals surface area (Å²) in [5.41, 5.74) is 8.47. The SMILES string of the molecule is CCCCOc1nc(N)c2[nH]c(=O)n(CCCN(Cc3cccc(CC(=O)O)c3)C3CCN(CC#N)CC3)c2n1. The summed E-state index contributed by atoms with van der Waals surface area (Å²) in [6.07, 6.45) is 4.39. The average Bonchev–Trinajstić information content (AvgIpc) is 3.24. The number of nitrogen functional groups attached to an aromatic ring is 1. The predicted octanol–water partition coefficient (Wildman–Crippen LogP) is 2.39. The minimum atomic E-state index is -0.855. The molecule has 0 spiro atoms. The van der Waals surface area contributed by atoms with E-state index in [1.165, 1.54) is 0 Å². The van der Waals surface area contributed by atoms with Gasteiger partial charge in [0.2, 0.25) is 0 Å². The molecule has 1 fully saturated rings. The maximum atomic E-state index is 12.8. The van der Waals surface area contributed by atoms with Gasteiger partial charge in [0.15, 0.2) is 11.5 Å². The number of aromatic amines is 1. The maximum Gasteiger partial charge on any atom is 0.327 e. The molecule has 1 aromatic carbocycles. The summed E-state index contributed by atoms with van der Waals surface area (Å²) >= 11 is 0. The Hall–Kier alpha value is -3.95. The Kier molecular flexibility index (Phi) is 10.1. The van der Waals surface area contributed by atoms with E-state index in [9.17, 15) is 14.7 Å². The van der Waals surface area contributed by atoms with Crippen molar-refractivity contribution in [3.63, 3.8) is 0 Å². The van der Waals surface area contributed by atoms with E-state index in [0.29, 0.717) is 49.9 Å². The molecule has 40 heavy (non-hydrogen) atoms. The van der Waals surface area contributed by atoms with Crippen LogP contribution in [-0.4, -0.2) is 79.2 Å². The molecule has 0 saturated carbocycles. The number of nitriles is 1. The summed E-state index contributed by atoms with van der Waals surface area (Å²) in [5, 5.41) is 18.3. The van der Waals surface area contributed by atoms with Crippen LogP contribution in [0.4, 0.5) is 5.82 Å². The van der Waals surface area contributed by atoms with Gasteiger partial charge in [0.25, 0.3) is 0 Å². The maximum absolute atomic E-state index is 12.8. The number of carboxylic acids is 1. The van der Waals surface area contributed by atoms with Crippen LogP contribution >= 0.6 is 0 Å². The number of nitrogens with two attached hydrogens (primary N) is 1. The number of nitrogens with one attached hydrogen (secondary N) is 1. The van der Waals surface area contributed by atoms with Gasteiger partial charge in [-0.1, -0.05) is 37.6 Å². The van der Waals surface area contributed by atoms with Crippen molar-refractivity contribution in [2.24, 2.45) is 0 Å². The van der Waals surface area contributed by atoms with E-state index in [-0.39, 0.29) is 23.9 Å². The number of likely N-dealkylation sites (tertiary alicyclic amines) is 1. The second-order valence-corrected chi connectivity index (χ2v) is 10.3. The van der Waals surface area contributed by atoms with Crippen molar-refractivity contribution in [3.05, 3.63) is 45.9 Å². The number of H-pyrrole nitrogens is 1. The Labute approximate surface area is 233 Å². The number of carbonyl (C=O) groups is 1. The normalized spacial score (nSPS) is 14.5. The van der Waals surface area contributed by atoms with E-state index >= 15 is 0 Å². The third-order valence-electron chi connectivity index (χ3n) is 7.29. The van der Waals surface area contributed by atoms with Gasteiger partial charge in [-0.3, -0.25) is 19.2 Å². The summed E-state index contributed by atoms with van der Waals surface area (Å²) in [6, 6.07) is 10.4. The molecule has 4 rings (SSSR count). The molecule has 12 nitrogen and oxygen atoms in total. The second kappa shape index (κ2) is 13.9. The number of fused-ring (bicyclic) bond motifs is 1. The van der Waals surface area contributed by atoms with Crippen molar-refractivity contribution < 1.29 is 14.6 Å². The topological polar surface area (TPSA) is 166 Å². The van der Waals surface area contributed by atoms with Gasteiger partial charge in [0, 0.05) is 38.8 Å². The largest absolute Gasteiger partial charge is 0.481 e. The minimum Gasteiger partial charge on any atom is -0.481 e. The highest BCUT2D eigenvalue weighted by Crippen LogP contribution is 2.22. The molecule has 0 atom stereocenters. The van der Waals surface area contributed by atoms with Gasteiger partial charge in [-0.2, -0.15) is 15.2 Å². The zero-order valence-electron chi connectivity index (χ0n) is 23.0. The molecule has 2 aromatic heterocycles. The molecule has 1 aliphatic heterocycles. The highest BCUT2D eigenvalue weighted by molar-refractivity contribution is 5.81. The van der Waals surface area contributed by atoms with E-state index < -0.39 is 5.97 Å². The molecule has 1 aliphatic rings. The van der Waals surface area contributed by atoms with Crippen LogP contribution in [0.15, 0.2) is 29.1 Å². The number of benzene rings is 1. The highest BCUT2D eigenvalue weighted by atomic mass is 16.5. The van der Waals surface area contributed by atoms with Crippen molar-refractivity contribution in [2.45, 2.75) is 64.6 Å². The standard InChI is InChI=1S/C28H38N8O4/c1-2-3-16-40-27-32-25(30)24-26(33-27)36(28(39)31-24)12-5-11-35(22-8-13-34(14-9-22)15-10-29)19-21-7-4-6-20(17-21)18-23(37)38/h4,6-7,17,22H,2-3,5,8-9,11-16,18-19H2,1H3,(H,31,39)(H,37,38)(H2,30,32,33). The molecule has 0 aliphatic carbocycles. The first-order valence-electron chi connectivity index (χ1n) is 13.9. The summed E-state index contributed by atoms with van der Waals surface area (Å²) in [5.74, 6) is -0.675. The van der Waals surface area contributed by atoms with Crippen LogP contribution in [0.3, 0.4) is 0 Å². The number of aromatic nitrogens is 4. The molecule has 0 amide bonds. The second-order valence-electron chi connectivity index (χ2n) is 10.3. The minimum absolute atomic E-state index is 0.0149. The number of hydrogen-bond donors (Lipinski definition) is 3. The number of piperidine rings is 1. The number of carboxylic acid groups (broad SMARTS) is 1. The zero-order chi connectivity index (χ0) is 28.5. The fourth-order valence-corrected chi connectivity index (χ4v) is 5.22. The van der Waals surface area contributed by atoms with Crippen LogP contribution in [0, 0.1) is 11.3 Å². The number of anilines is 1. The zero-order valence-corrected chi connectivity index (χ0v) is 23.0. The van der Waals surface area contributed by atoms with Crippen molar-refractivity contribution in [1.29, 1.82) is 5.26 Å². The monoisotopic (exact) mass is 550 g/mol. The van der Waals surface area contributed by atoms with Crippen LogP contribution in [0.25, 0.3) is 11.2 Å². The van der Waals surface area contributed by atoms with Gasteiger partial charge < -0.3 is 20.6 Å². The Morgan fingerprint density at radius 3 is 2.77 bits per heavy atom. The number of rotatable bonds is 14. The molecular weight excluding hydrogens is 512 g/mol. The first-order chi connectivity index (χ1) is 19.4. The molecule has 0 radical (unpaired) electrons. The van der Waals surface area contributed by atoms with Crippen LogP contribution in [0.2, 0.25) is 0 Å². The van der Waals surface area contributed by atoms with Gasteiger partial charge >= 0.3 is 17.7 Å². The van der Waals surface area contributed by atoms with Crippen LogP contribution in [-0.2, 0) is 24.3 Å². The van der Waals surface area contributed by atoms with Gasteiger partial charge in [0.1, 0.15) is 5.52 Å². The van der Waals surface area contributed by atoms with Crippen molar-refractivity contribution >= 4 is 23.0 Å². The number of hydrogen-bond acceptors (Lipinski definition) is 9. The van der Waals surface area contributed by atoms with Crippen molar-refractivity contribution in [3.8, 4) is 12.1 Å². The van der Waals surface area contributed by atoms with Crippen molar-refractivity contribution in [2.75, 3.05) is 38.5 Å². The molecule has 0 unspecified atom stereocenters.